The summed E-state index contributed by atoms with van der Waals surface area (Å²) in [5.74, 6) is -0.399. The lowest BCUT2D eigenvalue weighted by Crippen LogP contribution is -2.14. The van der Waals surface area contributed by atoms with Gasteiger partial charge in [0.2, 0.25) is 0 Å². The number of hydrogen-bond acceptors (Lipinski definition) is 4. The van der Waals surface area contributed by atoms with Crippen molar-refractivity contribution in [3.8, 4) is 17.6 Å². The molecule has 1 aromatic carbocycles. The standard InChI is InChI=1S/C13H14BrNO4/c1-3-9(7-15)19-12-10(14)5-8(13(16)17)6-11(12)18-4-2/h5-6,9H,3-4H2,1-2H3,(H,16,17). The lowest BCUT2D eigenvalue weighted by Gasteiger charge is -2.16. The van der Waals surface area contributed by atoms with E-state index in [1.807, 2.05) is 13.0 Å². The molecule has 0 bridgehead atoms. The molecule has 0 spiro atoms. The number of rotatable bonds is 6. The molecular formula is C13H14BrNO4. The van der Waals surface area contributed by atoms with Crippen LogP contribution < -0.4 is 9.47 Å². The molecule has 0 fully saturated rings. The Morgan fingerprint density at radius 3 is 2.68 bits per heavy atom. The van der Waals surface area contributed by atoms with Gasteiger partial charge in [0.1, 0.15) is 6.07 Å². The van der Waals surface area contributed by atoms with Crippen LogP contribution in [-0.4, -0.2) is 23.8 Å². The van der Waals surface area contributed by atoms with E-state index in [1.165, 1.54) is 12.1 Å². The molecule has 0 saturated heterocycles. The van der Waals surface area contributed by atoms with Gasteiger partial charge in [0.05, 0.1) is 16.6 Å². The summed E-state index contributed by atoms with van der Waals surface area (Å²) in [5, 5.41) is 17.9. The Balaban J connectivity index is 3.21. The molecule has 19 heavy (non-hydrogen) atoms. The van der Waals surface area contributed by atoms with Crippen LogP contribution in [0.25, 0.3) is 0 Å². The average Bonchev–Trinajstić information content (AvgIpc) is 2.38. The van der Waals surface area contributed by atoms with Crippen LogP contribution >= 0.6 is 15.9 Å². The Morgan fingerprint density at radius 2 is 2.21 bits per heavy atom. The lowest BCUT2D eigenvalue weighted by molar-refractivity contribution is 0.0696. The third kappa shape index (κ3) is 3.86. The molecule has 0 aliphatic carbocycles. The molecule has 0 aliphatic heterocycles. The summed E-state index contributed by atoms with van der Waals surface area (Å²) in [6, 6.07) is 4.83. The number of halogens is 1. The van der Waals surface area contributed by atoms with Crippen LogP contribution in [0.2, 0.25) is 0 Å². The van der Waals surface area contributed by atoms with E-state index in [-0.39, 0.29) is 5.56 Å². The van der Waals surface area contributed by atoms with Gasteiger partial charge in [0.25, 0.3) is 0 Å². The second kappa shape index (κ2) is 7.00. The Morgan fingerprint density at radius 1 is 1.53 bits per heavy atom. The van der Waals surface area contributed by atoms with E-state index >= 15 is 0 Å². The molecule has 102 valence electrons. The molecule has 6 heteroatoms. The van der Waals surface area contributed by atoms with E-state index in [0.717, 1.165) is 0 Å². The van der Waals surface area contributed by atoms with Crippen molar-refractivity contribution in [2.75, 3.05) is 6.61 Å². The Bertz CT molecular complexity index is 510. The summed E-state index contributed by atoms with van der Waals surface area (Å²) in [4.78, 5) is 11.0. The smallest absolute Gasteiger partial charge is 0.335 e. The number of nitrogens with zero attached hydrogens (tertiary/aromatic N) is 1. The Labute approximate surface area is 119 Å². The highest BCUT2D eigenvalue weighted by Gasteiger charge is 2.18. The van der Waals surface area contributed by atoms with Gasteiger partial charge in [-0.2, -0.15) is 5.26 Å². The summed E-state index contributed by atoms with van der Waals surface area (Å²) in [5.41, 5.74) is 0.0904. The maximum atomic E-state index is 11.0. The number of carboxylic acid groups (broad SMARTS) is 1. The predicted molar refractivity (Wildman–Crippen MR) is 72.6 cm³/mol. The molecule has 0 aromatic heterocycles. The molecule has 0 amide bonds. The van der Waals surface area contributed by atoms with E-state index in [1.54, 1.807) is 6.92 Å². The number of carboxylic acids is 1. The van der Waals surface area contributed by atoms with Gasteiger partial charge in [-0.15, -0.1) is 0 Å². The summed E-state index contributed by atoms with van der Waals surface area (Å²) in [7, 11) is 0. The van der Waals surface area contributed by atoms with Crippen LogP contribution in [0.15, 0.2) is 16.6 Å². The fourth-order valence-electron chi connectivity index (χ4n) is 1.41. The minimum atomic E-state index is -1.06. The SMILES string of the molecule is CCOc1cc(C(=O)O)cc(Br)c1OC(C#N)CC. The molecule has 1 aromatic rings. The first-order valence-electron chi connectivity index (χ1n) is 5.79. The third-order valence-electron chi connectivity index (χ3n) is 2.33. The fourth-order valence-corrected chi connectivity index (χ4v) is 1.95. The highest BCUT2D eigenvalue weighted by atomic mass is 79.9. The van der Waals surface area contributed by atoms with Crippen molar-refractivity contribution < 1.29 is 19.4 Å². The van der Waals surface area contributed by atoms with Crippen molar-refractivity contribution in [2.24, 2.45) is 0 Å². The topological polar surface area (TPSA) is 79.6 Å². The van der Waals surface area contributed by atoms with Gasteiger partial charge >= 0.3 is 5.97 Å². The lowest BCUT2D eigenvalue weighted by atomic mass is 10.2. The van der Waals surface area contributed by atoms with Crippen LogP contribution in [0.1, 0.15) is 30.6 Å². The summed E-state index contributed by atoms with van der Waals surface area (Å²) < 4.78 is 11.4. The van der Waals surface area contributed by atoms with Crippen LogP contribution in [0.4, 0.5) is 0 Å². The number of benzene rings is 1. The first kappa shape index (κ1) is 15.3. The van der Waals surface area contributed by atoms with Gasteiger partial charge in [-0.3, -0.25) is 0 Å². The molecular weight excluding hydrogens is 314 g/mol. The highest BCUT2D eigenvalue weighted by molar-refractivity contribution is 9.10. The zero-order valence-corrected chi connectivity index (χ0v) is 12.2. The largest absolute Gasteiger partial charge is 0.490 e. The van der Waals surface area contributed by atoms with Crippen LogP contribution in [0.5, 0.6) is 11.5 Å². The summed E-state index contributed by atoms with van der Waals surface area (Å²) in [6.45, 7) is 3.98. The number of carbonyl (C=O) groups is 1. The molecule has 5 nitrogen and oxygen atoms in total. The summed E-state index contributed by atoms with van der Waals surface area (Å²) >= 11 is 3.25. The predicted octanol–water partition coefficient (Wildman–Crippen LogP) is 3.23. The molecule has 1 N–H and O–H groups in total. The zero-order valence-electron chi connectivity index (χ0n) is 10.6. The van der Waals surface area contributed by atoms with Gasteiger partial charge in [-0.1, -0.05) is 6.92 Å². The molecule has 1 rings (SSSR count). The number of hydrogen-bond donors (Lipinski definition) is 1. The van der Waals surface area contributed by atoms with Crippen LogP contribution in [0, 0.1) is 11.3 Å². The zero-order chi connectivity index (χ0) is 14.4. The van der Waals surface area contributed by atoms with Gasteiger partial charge < -0.3 is 14.6 Å². The number of ether oxygens (including phenoxy) is 2. The first-order chi connectivity index (χ1) is 9.03. The quantitative estimate of drug-likeness (QED) is 0.867. The molecule has 0 heterocycles. The first-order valence-corrected chi connectivity index (χ1v) is 6.58. The van der Waals surface area contributed by atoms with Crippen LogP contribution in [0.3, 0.4) is 0 Å². The van der Waals surface area contributed by atoms with E-state index in [9.17, 15) is 4.79 Å². The summed E-state index contributed by atoms with van der Waals surface area (Å²) in [6.07, 6.45) is -0.0824. The second-order valence-electron chi connectivity index (χ2n) is 3.67. The van der Waals surface area contributed by atoms with Crippen molar-refractivity contribution in [3.05, 3.63) is 22.2 Å². The van der Waals surface area contributed by atoms with Crippen molar-refractivity contribution >= 4 is 21.9 Å². The molecule has 1 atom stereocenters. The van der Waals surface area contributed by atoms with Crippen molar-refractivity contribution in [3.63, 3.8) is 0 Å². The van der Waals surface area contributed by atoms with Crippen molar-refractivity contribution in [2.45, 2.75) is 26.4 Å². The second-order valence-corrected chi connectivity index (χ2v) is 4.52. The van der Waals surface area contributed by atoms with E-state index in [2.05, 4.69) is 15.9 Å². The van der Waals surface area contributed by atoms with Gasteiger partial charge in [-0.05, 0) is 41.4 Å². The minimum absolute atomic E-state index is 0.0904. The van der Waals surface area contributed by atoms with E-state index in [4.69, 9.17) is 19.8 Å². The third-order valence-corrected chi connectivity index (χ3v) is 2.92. The highest BCUT2D eigenvalue weighted by Crippen LogP contribution is 2.37. The van der Waals surface area contributed by atoms with Gasteiger partial charge in [0, 0.05) is 0 Å². The Hall–Kier alpha value is -1.74. The minimum Gasteiger partial charge on any atom is -0.490 e. The molecule has 1 unspecified atom stereocenters. The van der Waals surface area contributed by atoms with Crippen LogP contribution in [-0.2, 0) is 0 Å². The maximum absolute atomic E-state index is 11.0. The van der Waals surface area contributed by atoms with Gasteiger partial charge in [0.15, 0.2) is 17.6 Å². The number of nitriles is 1. The molecule has 0 radical (unpaired) electrons. The molecule has 0 aliphatic rings. The molecule has 0 saturated carbocycles. The average molecular weight is 328 g/mol. The van der Waals surface area contributed by atoms with Crippen molar-refractivity contribution in [1.29, 1.82) is 5.26 Å². The maximum Gasteiger partial charge on any atom is 0.335 e. The fraction of sp³-hybridized carbons (Fsp3) is 0.385. The van der Waals surface area contributed by atoms with Crippen molar-refractivity contribution in [1.82, 2.24) is 0 Å². The van der Waals surface area contributed by atoms with E-state index in [0.29, 0.717) is 29.0 Å². The Kier molecular flexibility index (Phi) is 5.64. The monoisotopic (exact) mass is 327 g/mol. The van der Waals surface area contributed by atoms with Gasteiger partial charge in [-0.25, -0.2) is 4.79 Å². The number of aromatic carboxylic acids is 1. The normalized spacial score (nSPS) is 11.5. The van der Waals surface area contributed by atoms with E-state index < -0.39 is 12.1 Å².